The summed E-state index contributed by atoms with van der Waals surface area (Å²) in [5.74, 6) is -0.659. The maximum atomic E-state index is 10.7. The lowest BCUT2D eigenvalue weighted by molar-refractivity contribution is -0.137. The maximum Gasteiger partial charge on any atom is 0.303 e. The second-order valence-electron chi connectivity index (χ2n) is 4.14. The number of carbonyl (C=O) groups is 1. The third-order valence-corrected chi connectivity index (χ3v) is 3.81. The zero-order valence-corrected chi connectivity index (χ0v) is 10.2. The first-order valence-electron chi connectivity index (χ1n) is 5.28. The van der Waals surface area contributed by atoms with E-state index in [2.05, 4.69) is 24.4 Å². The summed E-state index contributed by atoms with van der Waals surface area (Å²) in [5, 5.41) is 12.2. The lowest BCUT2D eigenvalue weighted by Crippen LogP contribution is -2.02. The number of fused-ring (bicyclic) bond motifs is 1. The highest BCUT2D eigenvalue weighted by Gasteiger charge is 2.15. The molecule has 0 aliphatic heterocycles. The topological polar surface area (TPSA) is 37.3 Å². The smallest absolute Gasteiger partial charge is 0.303 e. The third kappa shape index (κ3) is 1.95. The molecule has 1 aromatic carbocycles. The SMILES string of the molecule is Cc1cccc2scc(C(C)CC(=O)O)c12. The van der Waals surface area contributed by atoms with Crippen molar-refractivity contribution in [1.29, 1.82) is 0 Å². The van der Waals surface area contributed by atoms with E-state index in [1.54, 1.807) is 11.3 Å². The van der Waals surface area contributed by atoms with Crippen LogP contribution in [-0.2, 0) is 4.79 Å². The number of aryl methyl sites for hydroxylation is 1. The zero-order chi connectivity index (χ0) is 11.7. The molecule has 0 aliphatic rings. The van der Waals surface area contributed by atoms with Gasteiger partial charge in [-0.3, -0.25) is 4.79 Å². The van der Waals surface area contributed by atoms with Gasteiger partial charge in [0.15, 0.2) is 0 Å². The minimum absolute atomic E-state index is 0.0762. The lowest BCUT2D eigenvalue weighted by Gasteiger charge is -2.08. The van der Waals surface area contributed by atoms with Crippen molar-refractivity contribution in [2.75, 3.05) is 0 Å². The number of carboxylic acids is 1. The average molecular weight is 234 g/mol. The van der Waals surface area contributed by atoms with E-state index in [0.29, 0.717) is 0 Å². The van der Waals surface area contributed by atoms with Crippen molar-refractivity contribution in [2.24, 2.45) is 0 Å². The van der Waals surface area contributed by atoms with Crippen molar-refractivity contribution in [3.05, 3.63) is 34.7 Å². The van der Waals surface area contributed by atoms with Crippen LogP contribution in [-0.4, -0.2) is 11.1 Å². The highest BCUT2D eigenvalue weighted by molar-refractivity contribution is 7.17. The first kappa shape index (κ1) is 11.1. The molecule has 1 N–H and O–H groups in total. The molecular formula is C13H14O2S. The number of hydrogen-bond acceptors (Lipinski definition) is 2. The summed E-state index contributed by atoms with van der Waals surface area (Å²) in [6, 6.07) is 6.20. The van der Waals surface area contributed by atoms with E-state index in [-0.39, 0.29) is 12.3 Å². The van der Waals surface area contributed by atoms with Gasteiger partial charge in [-0.05, 0) is 40.8 Å². The van der Waals surface area contributed by atoms with E-state index >= 15 is 0 Å². The van der Waals surface area contributed by atoms with Crippen LogP contribution in [0.15, 0.2) is 23.6 Å². The van der Waals surface area contributed by atoms with Gasteiger partial charge in [0.1, 0.15) is 0 Å². The third-order valence-electron chi connectivity index (χ3n) is 2.85. The first-order valence-corrected chi connectivity index (χ1v) is 6.16. The number of carboxylic acid groups (broad SMARTS) is 1. The fourth-order valence-corrected chi connectivity index (χ4v) is 3.19. The molecule has 2 rings (SSSR count). The minimum Gasteiger partial charge on any atom is -0.481 e. The monoisotopic (exact) mass is 234 g/mol. The van der Waals surface area contributed by atoms with Crippen LogP contribution >= 0.6 is 11.3 Å². The van der Waals surface area contributed by atoms with E-state index in [0.717, 1.165) is 0 Å². The standard InChI is InChI=1S/C13H14O2S/c1-8-4-3-5-11-13(8)10(7-16-11)9(2)6-12(14)15/h3-5,7,9H,6H2,1-2H3,(H,14,15). The first-order chi connectivity index (χ1) is 7.59. The number of rotatable bonds is 3. The van der Waals surface area contributed by atoms with Crippen LogP contribution in [0.5, 0.6) is 0 Å². The Morgan fingerprint density at radius 3 is 2.94 bits per heavy atom. The Morgan fingerprint density at radius 1 is 1.50 bits per heavy atom. The molecule has 0 bridgehead atoms. The Morgan fingerprint density at radius 2 is 2.25 bits per heavy atom. The van der Waals surface area contributed by atoms with Crippen molar-refractivity contribution in [2.45, 2.75) is 26.2 Å². The van der Waals surface area contributed by atoms with Gasteiger partial charge in [0, 0.05) is 4.70 Å². The van der Waals surface area contributed by atoms with Crippen molar-refractivity contribution in [3.63, 3.8) is 0 Å². The molecule has 2 aromatic rings. The Bertz CT molecular complexity index is 528. The Labute approximate surface area is 98.5 Å². The lowest BCUT2D eigenvalue weighted by atomic mass is 9.95. The molecule has 1 atom stereocenters. The number of hydrogen-bond donors (Lipinski definition) is 1. The van der Waals surface area contributed by atoms with Gasteiger partial charge in [-0.2, -0.15) is 0 Å². The number of thiophene rings is 1. The average Bonchev–Trinajstić information content (AvgIpc) is 2.61. The molecule has 1 unspecified atom stereocenters. The van der Waals surface area contributed by atoms with Crippen LogP contribution < -0.4 is 0 Å². The zero-order valence-electron chi connectivity index (χ0n) is 9.36. The van der Waals surface area contributed by atoms with Gasteiger partial charge in [0.25, 0.3) is 0 Å². The number of aliphatic carboxylic acids is 1. The van der Waals surface area contributed by atoms with Crippen LogP contribution in [0, 0.1) is 6.92 Å². The van der Waals surface area contributed by atoms with Crippen molar-refractivity contribution < 1.29 is 9.90 Å². The Kier molecular flexibility index (Phi) is 2.97. The molecule has 0 saturated heterocycles. The van der Waals surface area contributed by atoms with Crippen LogP contribution in [0.1, 0.15) is 30.4 Å². The molecule has 3 heteroatoms. The normalized spacial score (nSPS) is 12.9. The second-order valence-corrected chi connectivity index (χ2v) is 5.05. The second kappa shape index (κ2) is 4.26. The van der Waals surface area contributed by atoms with E-state index in [1.807, 2.05) is 13.0 Å². The van der Waals surface area contributed by atoms with Gasteiger partial charge in [-0.1, -0.05) is 19.1 Å². The van der Waals surface area contributed by atoms with E-state index in [4.69, 9.17) is 5.11 Å². The summed E-state index contributed by atoms with van der Waals surface area (Å²) < 4.78 is 1.24. The van der Waals surface area contributed by atoms with Gasteiger partial charge < -0.3 is 5.11 Å². The summed E-state index contributed by atoms with van der Waals surface area (Å²) in [4.78, 5) is 10.7. The summed E-state index contributed by atoms with van der Waals surface area (Å²) in [7, 11) is 0. The van der Waals surface area contributed by atoms with Gasteiger partial charge in [-0.25, -0.2) is 0 Å². The quantitative estimate of drug-likeness (QED) is 0.877. The highest BCUT2D eigenvalue weighted by atomic mass is 32.1. The van der Waals surface area contributed by atoms with E-state index in [9.17, 15) is 4.79 Å². The van der Waals surface area contributed by atoms with Crippen LogP contribution in [0.2, 0.25) is 0 Å². The maximum absolute atomic E-state index is 10.7. The molecule has 2 nitrogen and oxygen atoms in total. The molecule has 16 heavy (non-hydrogen) atoms. The van der Waals surface area contributed by atoms with Crippen molar-refractivity contribution in [1.82, 2.24) is 0 Å². The summed E-state index contributed by atoms with van der Waals surface area (Å²) in [6.07, 6.45) is 0.195. The highest BCUT2D eigenvalue weighted by Crippen LogP contribution is 2.34. The molecule has 0 amide bonds. The molecular weight excluding hydrogens is 220 g/mol. The van der Waals surface area contributed by atoms with Crippen LogP contribution in [0.25, 0.3) is 10.1 Å². The van der Waals surface area contributed by atoms with E-state index in [1.165, 1.54) is 21.2 Å². The van der Waals surface area contributed by atoms with Crippen molar-refractivity contribution >= 4 is 27.4 Å². The molecule has 1 heterocycles. The van der Waals surface area contributed by atoms with Crippen molar-refractivity contribution in [3.8, 4) is 0 Å². The fraction of sp³-hybridized carbons (Fsp3) is 0.308. The molecule has 0 fully saturated rings. The number of benzene rings is 1. The van der Waals surface area contributed by atoms with Crippen LogP contribution in [0.3, 0.4) is 0 Å². The molecule has 1 aromatic heterocycles. The Hall–Kier alpha value is -1.35. The summed E-state index contributed by atoms with van der Waals surface area (Å²) >= 11 is 1.69. The van der Waals surface area contributed by atoms with Crippen LogP contribution in [0.4, 0.5) is 0 Å². The predicted molar refractivity (Wildman–Crippen MR) is 67.2 cm³/mol. The Balaban J connectivity index is 2.48. The predicted octanol–water partition coefficient (Wildman–Crippen LogP) is 3.79. The van der Waals surface area contributed by atoms with Gasteiger partial charge in [0.05, 0.1) is 6.42 Å². The minimum atomic E-state index is -0.736. The summed E-state index contributed by atoms with van der Waals surface area (Å²) in [6.45, 7) is 4.05. The molecule has 0 aliphatic carbocycles. The molecule has 0 spiro atoms. The van der Waals surface area contributed by atoms with E-state index < -0.39 is 5.97 Å². The molecule has 84 valence electrons. The molecule has 0 saturated carbocycles. The fourth-order valence-electron chi connectivity index (χ4n) is 2.03. The largest absolute Gasteiger partial charge is 0.481 e. The van der Waals surface area contributed by atoms with Gasteiger partial charge in [-0.15, -0.1) is 11.3 Å². The van der Waals surface area contributed by atoms with Gasteiger partial charge >= 0.3 is 5.97 Å². The van der Waals surface area contributed by atoms with Gasteiger partial charge in [0.2, 0.25) is 0 Å². The summed E-state index contributed by atoms with van der Waals surface area (Å²) in [5.41, 5.74) is 2.39. The molecule has 0 radical (unpaired) electrons.